The van der Waals surface area contributed by atoms with E-state index in [-0.39, 0.29) is 11.8 Å². The molecule has 2 rings (SSSR count). The topological polar surface area (TPSA) is 66.4 Å². The minimum Gasteiger partial charge on any atom is -0.480 e. The second-order valence-electron chi connectivity index (χ2n) is 3.60. The van der Waals surface area contributed by atoms with Crippen molar-refractivity contribution in [2.75, 3.05) is 0 Å². The summed E-state index contributed by atoms with van der Waals surface area (Å²) in [6, 6.07) is 8.49. The molecular formula is C11H11NO3. The van der Waals surface area contributed by atoms with Gasteiger partial charge in [-0.2, -0.15) is 0 Å². The molecule has 0 radical (unpaired) electrons. The summed E-state index contributed by atoms with van der Waals surface area (Å²) in [6.45, 7) is 0. The predicted octanol–water partition coefficient (Wildman–Crippen LogP) is 0.743. The van der Waals surface area contributed by atoms with E-state index in [1.165, 1.54) is 0 Å². The number of hydrogen-bond donors (Lipinski definition) is 2. The van der Waals surface area contributed by atoms with E-state index in [0.29, 0.717) is 6.42 Å². The van der Waals surface area contributed by atoms with Crippen LogP contribution in [0.2, 0.25) is 0 Å². The van der Waals surface area contributed by atoms with E-state index < -0.39 is 12.0 Å². The lowest BCUT2D eigenvalue weighted by atomic mass is 9.96. The van der Waals surface area contributed by atoms with Gasteiger partial charge < -0.3 is 10.4 Å². The molecule has 1 amide bonds. The first-order valence-electron chi connectivity index (χ1n) is 4.76. The van der Waals surface area contributed by atoms with Crippen LogP contribution >= 0.6 is 0 Å². The highest BCUT2D eigenvalue weighted by Gasteiger charge is 2.36. The van der Waals surface area contributed by atoms with Gasteiger partial charge in [0.25, 0.3) is 0 Å². The van der Waals surface area contributed by atoms with E-state index in [0.717, 1.165) is 5.56 Å². The van der Waals surface area contributed by atoms with Crippen LogP contribution in [0.5, 0.6) is 0 Å². The maximum Gasteiger partial charge on any atom is 0.326 e. The summed E-state index contributed by atoms with van der Waals surface area (Å²) in [5.74, 6) is -1.50. The summed E-state index contributed by atoms with van der Waals surface area (Å²) >= 11 is 0. The number of hydrogen-bond acceptors (Lipinski definition) is 2. The molecule has 0 saturated carbocycles. The van der Waals surface area contributed by atoms with Gasteiger partial charge in [-0.25, -0.2) is 4.79 Å². The van der Waals surface area contributed by atoms with Crippen LogP contribution in [0.15, 0.2) is 30.3 Å². The molecule has 1 aromatic carbocycles. The molecule has 4 nitrogen and oxygen atoms in total. The molecule has 1 aromatic rings. The number of amides is 1. The van der Waals surface area contributed by atoms with Crippen molar-refractivity contribution in [2.45, 2.75) is 18.4 Å². The Balaban J connectivity index is 2.19. The van der Waals surface area contributed by atoms with Gasteiger partial charge in [-0.3, -0.25) is 4.79 Å². The maximum atomic E-state index is 11.5. The smallest absolute Gasteiger partial charge is 0.326 e. The molecule has 1 aliphatic heterocycles. The highest BCUT2D eigenvalue weighted by Crippen LogP contribution is 2.26. The van der Waals surface area contributed by atoms with Crippen LogP contribution in [-0.2, 0) is 9.59 Å². The van der Waals surface area contributed by atoms with E-state index in [9.17, 15) is 9.59 Å². The Labute approximate surface area is 86.9 Å². The number of carbonyl (C=O) groups excluding carboxylic acids is 1. The molecular weight excluding hydrogens is 194 g/mol. The highest BCUT2D eigenvalue weighted by molar-refractivity contribution is 5.92. The number of carboxylic acids is 1. The Morgan fingerprint density at radius 1 is 1.33 bits per heavy atom. The Hall–Kier alpha value is -1.84. The molecule has 0 spiro atoms. The van der Waals surface area contributed by atoms with Crippen molar-refractivity contribution in [3.8, 4) is 0 Å². The van der Waals surface area contributed by atoms with Gasteiger partial charge in [0.2, 0.25) is 5.91 Å². The first-order valence-corrected chi connectivity index (χ1v) is 4.76. The van der Waals surface area contributed by atoms with Gasteiger partial charge in [0, 0.05) is 0 Å². The molecule has 0 aliphatic carbocycles. The van der Waals surface area contributed by atoms with Crippen LogP contribution in [0.4, 0.5) is 0 Å². The second-order valence-corrected chi connectivity index (χ2v) is 3.60. The third-order valence-electron chi connectivity index (χ3n) is 2.60. The number of benzene rings is 1. The Kier molecular flexibility index (Phi) is 2.41. The molecule has 1 aliphatic rings. The lowest BCUT2D eigenvalue weighted by Gasteiger charge is -2.05. The van der Waals surface area contributed by atoms with Crippen LogP contribution in [0.25, 0.3) is 0 Å². The fourth-order valence-electron chi connectivity index (χ4n) is 1.81. The molecule has 2 N–H and O–H groups in total. The van der Waals surface area contributed by atoms with Crippen molar-refractivity contribution in [3.63, 3.8) is 0 Å². The fourth-order valence-corrected chi connectivity index (χ4v) is 1.81. The third-order valence-corrected chi connectivity index (χ3v) is 2.60. The molecule has 4 heteroatoms. The van der Waals surface area contributed by atoms with Gasteiger partial charge in [0.15, 0.2) is 0 Å². The molecule has 15 heavy (non-hydrogen) atoms. The average molecular weight is 205 g/mol. The molecule has 78 valence electrons. The minimum absolute atomic E-state index is 0.200. The van der Waals surface area contributed by atoms with E-state index >= 15 is 0 Å². The van der Waals surface area contributed by atoms with E-state index in [2.05, 4.69) is 5.32 Å². The van der Waals surface area contributed by atoms with E-state index in [1.54, 1.807) is 0 Å². The normalized spacial score (nSPS) is 24.9. The van der Waals surface area contributed by atoms with Crippen molar-refractivity contribution in [1.82, 2.24) is 5.32 Å². The zero-order valence-corrected chi connectivity index (χ0v) is 8.01. The average Bonchev–Trinajstić information content (AvgIpc) is 2.62. The molecule has 0 unspecified atom stereocenters. The standard InChI is InChI=1S/C11H11NO3/c13-10-8(6-9(12-10)11(14)15)7-4-2-1-3-5-7/h1-5,8-9H,6H2,(H,12,13)(H,14,15)/t8-,9-/m1/s1. The van der Waals surface area contributed by atoms with E-state index in [4.69, 9.17) is 5.11 Å². The lowest BCUT2D eigenvalue weighted by Crippen LogP contribution is -2.32. The minimum atomic E-state index is -0.971. The Bertz CT molecular complexity index is 388. The molecule has 0 aromatic heterocycles. The summed E-state index contributed by atoms with van der Waals surface area (Å²) in [4.78, 5) is 22.2. The van der Waals surface area contributed by atoms with Crippen LogP contribution in [-0.4, -0.2) is 23.0 Å². The Morgan fingerprint density at radius 3 is 2.53 bits per heavy atom. The summed E-state index contributed by atoms with van der Waals surface area (Å²) in [7, 11) is 0. The molecule has 1 fully saturated rings. The number of carboxylic acid groups (broad SMARTS) is 1. The monoisotopic (exact) mass is 205 g/mol. The van der Waals surface area contributed by atoms with E-state index in [1.807, 2.05) is 30.3 Å². The molecule has 1 saturated heterocycles. The van der Waals surface area contributed by atoms with Gasteiger partial charge in [-0.1, -0.05) is 30.3 Å². The van der Waals surface area contributed by atoms with Crippen LogP contribution in [0.1, 0.15) is 17.9 Å². The SMILES string of the molecule is O=C(O)[C@H]1C[C@H](c2ccccc2)C(=O)N1. The number of rotatable bonds is 2. The fraction of sp³-hybridized carbons (Fsp3) is 0.273. The summed E-state index contributed by atoms with van der Waals surface area (Å²) in [5, 5.41) is 11.2. The van der Waals surface area contributed by atoms with Gasteiger partial charge in [0.05, 0.1) is 5.92 Å². The number of carbonyl (C=O) groups is 2. The summed E-state index contributed by atoms with van der Waals surface area (Å²) in [5.41, 5.74) is 0.874. The summed E-state index contributed by atoms with van der Waals surface area (Å²) < 4.78 is 0. The Morgan fingerprint density at radius 2 is 2.00 bits per heavy atom. The molecule has 2 atom stereocenters. The quantitative estimate of drug-likeness (QED) is 0.748. The van der Waals surface area contributed by atoms with Gasteiger partial charge >= 0.3 is 5.97 Å². The zero-order valence-electron chi connectivity index (χ0n) is 8.01. The van der Waals surface area contributed by atoms with Crippen molar-refractivity contribution < 1.29 is 14.7 Å². The number of aliphatic carboxylic acids is 1. The first-order chi connectivity index (χ1) is 7.18. The van der Waals surface area contributed by atoms with Crippen molar-refractivity contribution in [3.05, 3.63) is 35.9 Å². The largest absolute Gasteiger partial charge is 0.480 e. The second kappa shape index (κ2) is 3.73. The summed E-state index contributed by atoms with van der Waals surface area (Å²) in [6.07, 6.45) is 0.332. The number of nitrogens with one attached hydrogen (secondary N) is 1. The van der Waals surface area contributed by atoms with Crippen LogP contribution in [0, 0.1) is 0 Å². The van der Waals surface area contributed by atoms with Gasteiger partial charge in [0.1, 0.15) is 6.04 Å². The van der Waals surface area contributed by atoms with Crippen molar-refractivity contribution in [1.29, 1.82) is 0 Å². The third kappa shape index (κ3) is 1.83. The first kappa shape index (κ1) is 9.71. The van der Waals surface area contributed by atoms with Crippen LogP contribution in [0.3, 0.4) is 0 Å². The van der Waals surface area contributed by atoms with Crippen LogP contribution < -0.4 is 5.32 Å². The maximum absolute atomic E-state index is 11.5. The van der Waals surface area contributed by atoms with Gasteiger partial charge in [-0.15, -0.1) is 0 Å². The van der Waals surface area contributed by atoms with Gasteiger partial charge in [-0.05, 0) is 12.0 Å². The predicted molar refractivity (Wildman–Crippen MR) is 53.4 cm³/mol. The molecule has 1 heterocycles. The molecule has 0 bridgehead atoms. The van der Waals surface area contributed by atoms with Crippen molar-refractivity contribution in [2.24, 2.45) is 0 Å². The highest BCUT2D eigenvalue weighted by atomic mass is 16.4. The lowest BCUT2D eigenvalue weighted by molar-refractivity contribution is -0.140. The zero-order chi connectivity index (χ0) is 10.8. The van der Waals surface area contributed by atoms with Crippen molar-refractivity contribution >= 4 is 11.9 Å².